The number of likely N-dealkylation sites (tertiary alicyclic amines) is 1. The highest BCUT2D eigenvalue weighted by Crippen LogP contribution is 2.42. The normalized spacial score (nSPS) is 26.1. The molecule has 0 spiro atoms. The smallest absolute Gasteiger partial charge is 0.381 e. The summed E-state index contributed by atoms with van der Waals surface area (Å²) in [6.07, 6.45) is -0.667. The van der Waals surface area contributed by atoms with Gasteiger partial charge in [0.05, 0.1) is 5.69 Å². The number of anilines is 1. The number of hydrogen-bond donors (Lipinski definition) is 1. The second-order valence-electron chi connectivity index (χ2n) is 10.1. The van der Waals surface area contributed by atoms with E-state index in [0.29, 0.717) is 28.9 Å². The number of halogens is 4. The molecule has 34 heavy (non-hydrogen) atoms. The molecule has 1 aliphatic carbocycles. The minimum Gasteiger partial charge on any atom is -0.381 e. The summed E-state index contributed by atoms with van der Waals surface area (Å²) in [4.78, 5) is 2.53. The second kappa shape index (κ2) is 9.41. The fourth-order valence-electron chi connectivity index (χ4n) is 5.91. The van der Waals surface area contributed by atoms with Gasteiger partial charge in [0.25, 0.3) is 0 Å². The van der Waals surface area contributed by atoms with Crippen LogP contribution >= 0.6 is 0 Å². The van der Waals surface area contributed by atoms with Crippen molar-refractivity contribution < 1.29 is 22.3 Å². The third-order valence-electron chi connectivity index (χ3n) is 7.59. The summed E-state index contributed by atoms with van der Waals surface area (Å²) in [6.45, 7) is 6.46. The quantitative estimate of drug-likeness (QED) is 0.602. The molecule has 1 N–H and O–H groups in total. The van der Waals surface area contributed by atoms with E-state index in [1.54, 1.807) is 6.92 Å². The zero-order valence-corrected chi connectivity index (χ0v) is 19.2. The largest absolute Gasteiger partial charge is 0.420 e. The molecule has 3 heterocycles. The van der Waals surface area contributed by atoms with Crippen molar-refractivity contribution in [1.82, 2.24) is 15.1 Å². The number of benzene rings is 1. The molecule has 3 atom stereocenters. The van der Waals surface area contributed by atoms with E-state index >= 15 is 0 Å². The summed E-state index contributed by atoms with van der Waals surface area (Å²) in [5.41, 5.74) is 0.199. The van der Waals surface area contributed by atoms with E-state index in [0.717, 1.165) is 64.6 Å². The van der Waals surface area contributed by atoms with E-state index in [4.69, 9.17) is 4.74 Å². The summed E-state index contributed by atoms with van der Waals surface area (Å²) in [5, 5.41) is 11.0. The van der Waals surface area contributed by atoms with Gasteiger partial charge in [-0.25, -0.2) is 4.39 Å². The minimum absolute atomic E-state index is 0.0472. The lowest BCUT2D eigenvalue weighted by atomic mass is 10.00. The molecule has 0 bridgehead atoms. The van der Waals surface area contributed by atoms with Crippen molar-refractivity contribution in [3.8, 4) is 11.3 Å². The Morgan fingerprint density at radius 2 is 1.76 bits per heavy atom. The van der Waals surface area contributed by atoms with Crippen LogP contribution in [0.5, 0.6) is 0 Å². The molecule has 1 aromatic heterocycles. The van der Waals surface area contributed by atoms with Crippen LogP contribution in [0, 0.1) is 30.5 Å². The molecule has 0 unspecified atom stereocenters. The Balaban J connectivity index is 1.26. The Morgan fingerprint density at radius 3 is 2.41 bits per heavy atom. The highest BCUT2D eigenvalue weighted by Gasteiger charge is 2.43. The van der Waals surface area contributed by atoms with Crippen molar-refractivity contribution in [2.75, 3.05) is 38.2 Å². The van der Waals surface area contributed by atoms with Crippen molar-refractivity contribution in [3.05, 3.63) is 41.2 Å². The molecule has 5 nitrogen and oxygen atoms in total. The summed E-state index contributed by atoms with van der Waals surface area (Å²) in [6, 6.07) is 4.90. The zero-order valence-electron chi connectivity index (χ0n) is 19.2. The van der Waals surface area contributed by atoms with E-state index in [1.165, 1.54) is 18.2 Å². The van der Waals surface area contributed by atoms with Crippen molar-refractivity contribution in [2.45, 2.75) is 44.8 Å². The fraction of sp³-hybridized carbons (Fsp3) is 0.600. The molecule has 2 aliphatic heterocycles. The highest BCUT2D eigenvalue weighted by molar-refractivity contribution is 5.65. The molecule has 3 fully saturated rings. The Hall–Kier alpha value is -2.26. The summed E-state index contributed by atoms with van der Waals surface area (Å²) in [5.74, 6) is 1.03. The monoisotopic (exact) mass is 478 g/mol. The van der Waals surface area contributed by atoms with Crippen LogP contribution in [0.25, 0.3) is 11.3 Å². The van der Waals surface area contributed by atoms with Crippen molar-refractivity contribution >= 4 is 5.82 Å². The predicted molar refractivity (Wildman–Crippen MR) is 121 cm³/mol. The van der Waals surface area contributed by atoms with Crippen LogP contribution in [0.1, 0.15) is 36.8 Å². The molecular formula is C25H30F4N4O. The molecule has 2 saturated heterocycles. The summed E-state index contributed by atoms with van der Waals surface area (Å²) < 4.78 is 60.6. The lowest BCUT2D eigenvalue weighted by molar-refractivity contribution is -0.137. The highest BCUT2D eigenvalue weighted by atomic mass is 19.4. The van der Waals surface area contributed by atoms with Gasteiger partial charge in [0.2, 0.25) is 0 Å². The number of rotatable bonds is 5. The van der Waals surface area contributed by atoms with Crippen LogP contribution in [0.2, 0.25) is 0 Å². The maximum absolute atomic E-state index is 13.9. The minimum atomic E-state index is -4.57. The molecule has 184 valence electrons. The topological polar surface area (TPSA) is 50.3 Å². The predicted octanol–water partition coefficient (Wildman–Crippen LogP) is 5.16. The average Bonchev–Trinajstić information content (AvgIpc) is 3.32. The van der Waals surface area contributed by atoms with Gasteiger partial charge in [-0.05, 0) is 80.2 Å². The number of aromatic nitrogens is 2. The van der Waals surface area contributed by atoms with Crippen molar-refractivity contribution in [1.29, 1.82) is 0 Å². The molecule has 3 aliphatic rings. The van der Waals surface area contributed by atoms with Gasteiger partial charge in [0, 0.05) is 44.5 Å². The maximum atomic E-state index is 13.9. The zero-order chi connectivity index (χ0) is 23.9. The molecule has 9 heteroatoms. The van der Waals surface area contributed by atoms with Gasteiger partial charge in [-0.15, -0.1) is 10.2 Å². The fourth-order valence-corrected chi connectivity index (χ4v) is 5.91. The summed E-state index contributed by atoms with van der Waals surface area (Å²) in [7, 11) is 0. The van der Waals surface area contributed by atoms with Gasteiger partial charge < -0.3 is 15.0 Å². The van der Waals surface area contributed by atoms with Crippen molar-refractivity contribution in [3.63, 3.8) is 0 Å². The molecule has 5 rings (SSSR count). The molecule has 1 aromatic carbocycles. The van der Waals surface area contributed by atoms with Gasteiger partial charge in [0.15, 0.2) is 5.82 Å². The Morgan fingerprint density at radius 1 is 1.06 bits per heavy atom. The first-order valence-electron chi connectivity index (χ1n) is 12.0. The molecule has 0 radical (unpaired) electrons. The average molecular weight is 479 g/mol. The number of aryl methyl sites for hydroxylation is 1. The van der Waals surface area contributed by atoms with Gasteiger partial charge >= 0.3 is 6.18 Å². The molecule has 0 amide bonds. The van der Waals surface area contributed by atoms with Crippen LogP contribution in [0.15, 0.2) is 24.3 Å². The van der Waals surface area contributed by atoms with E-state index in [2.05, 4.69) is 20.4 Å². The van der Waals surface area contributed by atoms with Crippen LogP contribution in [-0.4, -0.2) is 54.0 Å². The van der Waals surface area contributed by atoms with Crippen LogP contribution in [0.3, 0.4) is 0 Å². The van der Waals surface area contributed by atoms with E-state index < -0.39 is 17.6 Å². The molecule has 1 saturated carbocycles. The van der Waals surface area contributed by atoms with Gasteiger partial charge in [-0.2, -0.15) is 13.2 Å². The first-order valence-corrected chi connectivity index (χ1v) is 12.0. The third kappa shape index (κ3) is 5.05. The molecule has 2 aromatic rings. The van der Waals surface area contributed by atoms with Gasteiger partial charge in [-0.1, -0.05) is 0 Å². The van der Waals surface area contributed by atoms with E-state index in [-0.39, 0.29) is 17.6 Å². The second-order valence-corrected chi connectivity index (χ2v) is 10.1. The third-order valence-corrected chi connectivity index (χ3v) is 7.59. The number of fused-ring (bicyclic) bond motifs is 1. The van der Waals surface area contributed by atoms with E-state index in [1.807, 2.05) is 0 Å². The maximum Gasteiger partial charge on any atom is 0.420 e. The first-order chi connectivity index (χ1) is 16.3. The molecular weight excluding hydrogens is 448 g/mol. The number of ether oxygens (including phenoxy) is 1. The lowest BCUT2D eigenvalue weighted by Gasteiger charge is -2.28. The Bertz CT molecular complexity index is 1010. The number of alkyl halides is 3. The summed E-state index contributed by atoms with van der Waals surface area (Å²) >= 11 is 0. The SMILES string of the molecule is Cc1cc(F)ccc1-c1cc(C(F)(F)F)c(N[C@H]2C[C@@H]3CN(CC4CCOCC4)C[C@@H]3C2)nn1. The lowest BCUT2D eigenvalue weighted by Crippen LogP contribution is -2.32. The van der Waals surface area contributed by atoms with Gasteiger partial charge in [-0.3, -0.25) is 0 Å². The Labute approximate surface area is 196 Å². The van der Waals surface area contributed by atoms with Crippen LogP contribution in [-0.2, 0) is 10.9 Å². The number of nitrogens with zero attached hydrogens (tertiary/aromatic N) is 3. The van der Waals surface area contributed by atoms with Gasteiger partial charge in [0.1, 0.15) is 11.4 Å². The standard InChI is InChI=1S/C25H30F4N4O/c1-15-8-19(26)2-3-21(15)23-11-22(25(27,28)29)24(32-31-23)30-20-9-17-13-33(14-18(17)10-20)12-16-4-6-34-7-5-16/h2-3,8,11,16-18,20H,4-7,9-10,12-14H2,1H3,(H,30,32)/t17-,18+,20+. The van der Waals surface area contributed by atoms with Crippen molar-refractivity contribution in [2.24, 2.45) is 17.8 Å². The number of hydrogen-bond acceptors (Lipinski definition) is 5. The first kappa shape index (κ1) is 23.5. The van der Waals surface area contributed by atoms with E-state index in [9.17, 15) is 17.6 Å². The number of nitrogens with one attached hydrogen (secondary N) is 1. The Kier molecular flexibility index (Phi) is 6.50. The van der Waals surface area contributed by atoms with Crippen LogP contribution in [0.4, 0.5) is 23.4 Å². The van der Waals surface area contributed by atoms with Crippen LogP contribution < -0.4 is 5.32 Å².